The Balaban J connectivity index is 1.47. The Morgan fingerprint density at radius 2 is 1.94 bits per heavy atom. The van der Waals surface area contributed by atoms with Gasteiger partial charge in [0, 0.05) is 10.4 Å². The molecule has 0 saturated carbocycles. The normalized spacial score (nSPS) is 13.3. The SMILES string of the molecule is N#C/C(=C\c1ccc2noc(-c3ccccc3)c2c1)C(=O)Nc1sc2c(c1C(N)=O)CCCC2. The second kappa shape index (κ2) is 8.96. The van der Waals surface area contributed by atoms with Crippen molar-refractivity contribution >= 4 is 45.1 Å². The van der Waals surface area contributed by atoms with E-state index in [-0.39, 0.29) is 5.57 Å². The molecule has 1 aliphatic carbocycles. The number of amides is 2. The number of hydrogen-bond donors (Lipinski definition) is 2. The largest absolute Gasteiger partial charge is 0.365 e. The van der Waals surface area contributed by atoms with Gasteiger partial charge in [-0.3, -0.25) is 9.59 Å². The van der Waals surface area contributed by atoms with Crippen LogP contribution in [0.4, 0.5) is 5.00 Å². The van der Waals surface area contributed by atoms with Crippen molar-refractivity contribution in [3.8, 4) is 17.4 Å². The molecule has 2 amide bonds. The molecule has 2 heterocycles. The molecular weight excluding hydrogens is 448 g/mol. The molecule has 1 aliphatic rings. The van der Waals surface area contributed by atoms with Crippen LogP contribution >= 0.6 is 11.3 Å². The minimum absolute atomic E-state index is 0.0844. The minimum Gasteiger partial charge on any atom is -0.365 e. The fourth-order valence-electron chi connectivity index (χ4n) is 4.25. The van der Waals surface area contributed by atoms with Gasteiger partial charge in [0.25, 0.3) is 11.8 Å². The molecule has 3 N–H and O–H groups in total. The predicted molar refractivity (Wildman–Crippen MR) is 131 cm³/mol. The van der Waals surface area contributed by atoms with Crippen LogP contribution in [0.15, 0.2) is 58.6 Å². The Morgan fingerprint density at radius 3 is 2.71 bits per heavy atom. The average Bonchev–Trinajstić information content (AvgIpc) is 3.43. The number of rotatable bonds is 5. The Hall–Kier alpha value is -4.22. The van der Waals surface area contributed by atoms with Gasteiger partial charge in [-0.1, -0.05) is 41.6 Å². The Morgan fingerprint density at radius 1 is 1.15 bits per heavy atom. The van der Waals surface area contributed by atoms with E-state index in [2.05, 4.69) is 10.5 Å². The van der Waals surface area contributed by atoms with Crippen LogP contribution in [0.2, 0.25) is 0 Å². The first-order valence-electron chi connectivity index (χ1n) is 10.9. The highest BCUT2D eigenvalue weighted by molar-refractivity contribution is 7.17. The molecule has 0 aliphatic heterocycles. The lowest BCUT2D eigenvalue weighted by molar-refractivity contribution is -0.112. The zero-order chi connectivity index (χ0) is 23.7. The first-order valence-corrected chi connectivity index (χ1v) is 11.7. The Labute approximate surface area is 199 Å². The van der Waals surface area contributed by atoms with E-state index in [9.17, 15) is 14.9 Å². The third kappa shape index (κ3) is 3.98. The number of hydrogen-bond acceptors (Lipinski definition) is 6. The quantitative estimate of drug-likeness (QED) is 0.312. The summed E-state index contributed by atoms with van der Waals surface area (Å²) in [5.41, 5.74) is 9.03. The predicted octanol–water partition coefficient (Wildman–Crippen LogP) is 5.08. The van der Waals surface area contributed by atoms with Gasteiger partial charge in [-0.15, -0.1) is 11.3 Å². The molecule has 168 valence electrons. The summed E-state index contributed by atoms with van der Waals surface area (Å²) in [6.07, 6.45) is 5.16. The van der Waals surface area contributed by atoms with E-state index >= 15 is 0 Å². The van der Waals surface area contributed by atoms with Crippen LogP contribution in [0.25, 0.3) is 28.3 Å². The maximum Gasteiger partial charge on any atom is 0.266 e. The minimum atomic E-state index is -0.586. The van der Waals surface area contributed by atoms with Gasteiger partial charge in [-0.25, -0.2) is 0 Å². The van der Waals surface area contributed by atoms with Crippen molar-refractivity contribution in [3.05, 3.63) is 75.7 Å². The topological polar surface area (TPSA) is 122 Å². The van der Waals surface area contributed by atoms with Crippen molar-refractivity contribution < 1.29 is 14.1 Å². The number of aromatic nitrogens is 1. The van der Waals surface area contributed by atoms with E-state index in [1.807, 2.05) is 42.5 Å². The molecule has 2 aromatic carbocycles. The summed E-state index contributed by atoms with van der Waals surface area (Å²) in [7, 11) is 0. The molecule has 0 fully saturated rings. The number of fused-ring (bicyclic) bond motifs is 2. The van der Waals surface area contributed by atoms with E-state index < -0.39 is 11.8 Å². The number of benzene rings is 2. The fourth-order valence-corrected chi connectivity index (χ4v) is 5.54. The molecule has 0 atom stereocenters. The number of anilines is 1. The standard InChI is InChI=1S/C26H20N4O3S/c27-14-17(25(32)29-26-22(24(28)31)18-8-4-5-9-21(18)34-26)12-15-10-11-20-19(13-15)23(33-30-20)16-6-2-1-3-7-16/h1-3,6-7,10-13H,4-5,8-9H2,(H2,28,31)(H,29,32)/b17-12+. The summed E-state index contributed by atoms with van der Waals surface area (Å²) in [4.78, 5) is 26.1. The zero-order valence-corrected chi connectivity index (χ0v) is 18.9. The summed E-state index contributed by atoms with van der Waals surface area (Å²) in [6.45, 7) is 0. The molecule has 7 nitrogen and oxygen atoms in total. The maximum absolute atomic E-state index is 13.0. The molecule has 0 saturated heterocycles. The van der Waals surface area contributed by atoms with Crippen molar-refractivity contribution in [1.29, 1.82) is 5.26 Å². The molecule has 0 unspecified atom stereocenters. The van der Waals surface area contributed by atoms with Crippen LogP contribution in [0.1, 0.15) is 39.2 Å². The smallest absolute Gasteiger partial charge is 0.266 e. The first kappa shape index (κ1) is 21.6. The zero-order valence-electron chi connectivity index (χ0n) is 18.1. The molecule has 4 aromatic rings. The van der Waals surface area contributed by atoms with Gasteiger partial charge < -0.3 is 15.6 Å². The van der Waals surface area contributed by atoms with Crippen LogP contribution in [0.3, 0.4) is 0 Å². The van der Waals surface area contributed by atoms with Gasteiger partial charge >= 0.3 is 0 Å². The first-order chi connectivity index (χ1) is 16.5. The molecule has 2 aromatic heterocycles. The number of primary amides is 1. The van der Waals surface area contributed by atoms with Crippen LogP contribution in [0.5, 0.6) is 0 Å². The van der Waals surface area contributed by atoms with Crippen molar-refractivity contribution in [2.45, 2.75) is 25.7 Å². The Bertz CT molecular complexity index is 1490. The van der Waals surface area contributed by atoms with Crippen molar-refractivity contribution in [3.63, 3.8) is 0 Å². The summed E-state index contributed by atoms with van der Waals surface area (Å²) < 4.78 is 5.53. The number of nitrogens with two attached hydrogens (primary N) is 1. The molecule has 8 heteroatoms. The van der Waals surface area contributed by atoms with Gasteiger partial charge in [-0.2, -0.15) is 5.26 Å². The van der Waals surface area contributed by atoms with Crippen molar-refractivity contribution in [2.24, 2.45) is 5.73 Å². The second-order valence-corrected chi connectivity index (χ2v) is 9.16. The van der Waals surface area contributed by atoms with Crippen LogP contribution in [-0.2, 0) is 17.6 Å². The summed E-state index contributed by atoms with van der Waals surface area (Å²) >= 11 is 1.37. The summed E-state index contributed by atoms with van der Waals surface area (Å²) in [5, 5.41) is 17.7. The van der Waals surface area contributed by atoms with Gasteiger partial charge in [0.15, 0.2) is 5.76 Å². The second-order valence-electron chi connectivity index (χ2n) is 8.06. The third-order valence-electron chi connectivity index (χ3n) is 5.86. The fraction of sp³-hybridized carbons (Fsp3) is 0.154. The van der Waals surface area contributed by atoms with Crippen LogP contribution < -0.4 is 11.1 Å². The molecular formula is C26H20N4O3S. The van der Waals surface area contributed by atoms with Gasteiger partial charge in [0.05, 0.1) is 10.9 Å². The number of nitriles is 1. The molecule has 34 heavy (non-hydrogen) atoms. The van der Waals surface area contributed by atoms with Crippen molar-refractivity contribution in [1.82, 2.24) is 5.16 Å². The summed E-state index contributed by atoms with van der Waals surface area (Å²) in [5.74, 6) is -0.537. The molecule has 0 spiro atoms. The molecule has 0 bridgehead atoms. The lowest BCUT2D eigenvalue weighted by Gasteiger charge is -2.11. The number of nitrogens with zero attached hydrogens (tertiary/aromatic N) is 2. The van der Waals surface area contributed by atoms with E-state index in [1.165, 1.54) is 17.4 Å². The van der Waals surface area contributed by atoms with E-state index in [4.69, 9.17) is 10.3 Å². The van der Waals surface area contributed by atoms with Crippen LogP contribution in [0, 0.1) is 11.3 Å². The van der Waals surface area contributed by atoms with Crippen LogP contribution in [-0.4, -0.2) is 17.0 Å². The lowest BCUT2D eigenvalue weighted by Crippen LogP contribution is -2.19. The average molecular weight is 469 g/mol. The van der Waals surface area contributed by atoms with Crippen molar-refractivity contribution in [2.75, 3.05) is 5.32 Å². The monoisotopic (exact) mass is 468 g/mol. The number of aryl methyl sites for hydroxylation is 1. The van der Waals surface area contributed by atoms with E-state index in [0.717, 1.165) is 47.1 Å². The Kier molecular flexibility index (Phi) is 5.70. The van der Waals surface area contributed by atoms with E-state index in [0.29, 0.717) is 27.4 Å². The number of nitrogens with one attached hydrogen (secondary N) is 1. The highest BCUT2D eigenvalue weighted by atomic mass is 32.1. The van der Waals surface area contributed by atoms with Gasteiger partial charge in [0.2, 0.25) is 0 Å². The van der Waals surface area contributed by atoms with E-state index in [1.54, 1.807) is 12.1 Å². The third-order valence-corrected chi connectivity index (χ3v) is 7.06. The maximum atomic E-state index is 13.0. The highest BCUT2D eigenvalue weighted by Crippen LogP contribution is 2.38. The number of thiophene rings is 1. The van der Waals surface area contributed by atoms with Gasteiger partial charge in [0.1, 0.15) is 22.2 Å². The molecule has 0 radical (unpaired) electrons. The summed E-state index contributed by atoms with van der Waals surface area (Å²) in [6, 6.07) is 16.9. The highest BCUT2D eigenvalue weighted by Gasteiger charge is 2.25. The number of carbonyl (C=O) groups excluding carboxylic acids is 2. The number of carbonyl (C=O) groups is 2. The molecule has 5 rings (SSSR count). The lowest BCUT2D eigenvalue weighted by atomic mass is 9.95. The van der Waals surface area contributed by atoms with Gasteiger partial charge in [-0.05, 0) is 55.0 Å².